The monoisotopic (exact) mass is 272 g/mol. The summed E-state index contributed by atoms with van der Waals surface area (Å²) in [5.74, 6) is 0.784. The van der Waals surface area contributed by atoms with Gasteiger partial charge < -0.3 is 4.74 Å². The van der Waals surface area contributed by atoms with Crippen molar-refractivity contribution in [3.8, 4) is 5.75 Å². The van der Waals surface area contributed by atoms with E-state index in [1.807, 2.05) is 55.6 Å². The van der Waals surface area contributed by atoms with Crippen LogP contribution in [0.3, 0.4) is 0 Å². The van der Waals surface area contributed by atoms with Crippen LogP contribution in [0.2, 0.25) is 0 Å². The zero-order valence-corrected chi connectivity index (χ0v) is 11.9. The van der Waals surface area contributed by atoms with Gasteiger partial charge in [0.15, 0.2) is 0 Å². The summed E-state index contributed by atoms with van der Waals surface area (Å²) in [5, 5.41) is 0.897. The summed E-state index contributed by atoms with van der Waals surface area (Å²) >= 11 is 1.58. The van der Waals surface area contributed by atoms with Gasteiger partial charge in [-0.2, -0.15) is 0 Å². The van der Waals surface area contributed by atoms with E-state index >= 15 is 0 Å². The average molecular weight is 272 g/mol. The Morgan fingerprint density at radius 3 is 2.58 bits per heavy atom. The molecule has 0 radical (unpaired) electrons. The molecule has 0 amide bonds. The van der Waals surface area contributed by atoms with Crippen LogP contribution in [0.1, 0.15) is 12.6 Å². The van der Waals surface area contributed by atoms with Crippen LogP contribution in [-0.2, 0) is 0 Å². The summed E-state index contributed by atoms with van der Waals surface area (Å²) in [6.45, 7) is 2.60. The molecule has 0 atom stereocenters. The Morgan fingerprint density at radius 1 is 1.21 bits per heavy atom. The Kier molecular flexibility index (Phi) is 4.98. The summed E-state index contributed by atoms with van der Waals surface area (Å²) < 4.78 is 5.38. The number of nitrogens with zero attached hydrogens (tertiary/aromatic N) is 2. The van der Waals surface area contributed by atoms with Crippen molar-refractivity contribution in [1.29, 1.82) is 0 Å². The fourth-order valence-electron chi connectivity index (χ4n) is 1.59. The van der Waals surface area contributed by atoms with Gasteiger partial charge in [-0.05, 0) is 37.4 Å². The topological polar surface area (TPSA) is 34.5 Å². The van der Waals surface area contributed by atoms with Crippen LogP contribution in [0.15, 0.2) is 53.7 Å². The standard InChI is InChI=1S/C15H16N2OS/c1-3-18-13-9-10-14(16-11-13)15(19-2)17-12-7-5-4-6-8-12/h4-11H,3H2,1-2H3. The molecular formula is C15H16N2OS. The highest BCUT2D eigenvalue weighted by Gasteiger charge is 2.04. The lowest BCUT2D eigenvalue weighted by Crippen LogP contribution is -1.99. The summed E-state index contributed by atoms with van der Waals surface area (Å²) in [6, 6.07) is 13.7. The Balaban J connectivity index is 2.24. The summed E-state index contributed by atoms with van der Waals surface area (Å²) in [5.41, 5.74) is 1.79. The van der Waals surface area contributed by atoms with Gasteiger partial charge in [0, 0.05) is 0 Å². The summed E-state index contributed by atoms with van der Waals surface area (Å²) in [4.78, 5) is 8.99. The quantitative estimate of drug-likeness (QED) is 0.625. The maximum atomic E-state index is 5.38. The molecule has 0 spiro atoms. The van der Waals surface area contributed by atoms with Gasteiger partial charge in [0.05, 0.1) is 24.2 Å². The zero-order valence-electron chi connectivity index (χ0n) is 11.0. The third-order valence-corrected chi connectivity index (χ3v) is 3.13. The van der Waals surface area contributed by atoms with Crippen LogP contribution in [0.5, 0.6) is 5.75 Å². The van der Waals surface area contributed by atoms with E-state index in [1.165, 1.54) is 0 Å². The smallest absolute Gasteiger partial charge is 0.137 e. The Bertz CT molecular complexity index is 538. The SMILES string of the molecule is CCOc1ccc(C(=Nc2ccccc2)SC)nc1. The molecule has 1 heterocycles. The van der Waals surface area contributed by atoms with Crippen molar-refractivity contribution in [1.82, 2.24) is 4.98 Å². The van der Waals surface area contributed by atoms with Crippen molar-refractivity contribution in [3.05, 3.63) is 54.4 Å². The third-order valence-electron chi connectivity index (χ3n) is 2.45. The van der Waals surface area contributed by atoms with Crippen molar-refractivity contribution in [2.75, 3.05) is 12.9 Å². The first kappa shape index (κ1) is 13.6. The fourth-order valence-corrected chi connectivity index (χ4v) is 2.11. The number of benzene rings is 1. The van der Waals surface area contributed by atoms with Crippen LogP contribution < -0.4 is 4.74 Å². The van der Waals surface area contributed by atoms with E-state index < -0.39 is 0 Å². The number of hydrogen-bond acceptors (Lipinski definition) is 4. The molecule has 4 heteroatoms. The molecule has 3 nitrogen and oxygen atoms in total. The first-order valence-corrected chi connectivity index (χ1v) is 7.33. The number of ether oxygens (including phenoxy) is 1. The van der Waals surface area contributed by atoms with Crippen molar-refractivity contribution in [2.24, 2.45) is 4.99 Å². The molecule has 1 aromatic carbocycles. The lowest BCUT2D eigenvalue weighted by molar-refractivity contribution is 0.339. The predicted molar refractivity (Wildman–Crippen MR) is 81.6 cm³/mol. The Morgan fingerprint density at radius 2 is 2.00 bits per heavy atom. The molecule has 0 aliphatic rings. The number of thioether (sulfide) groups is 1. The lowest BCUT2D eigenvalue weighted by atomic mass is 10.3. The normalized spacial score (nSPS) is 11.4. The van der Waals surface area contributed by atoms with E-state index in [0.717, 1.165) is 22.2 Å². The van der Waals surface area contributed by atoms with Gasteiger partial charge in [0.2, 0.25) is 0 Å². The zero-order chi connectivity index (χ0) is 13.5. The number of para-hydroxylation sites is 1. The largest absolute Gasteiger partial charge is 0.492 e. The van der Waals surface area contributed by atoms with Crippen LogP contribution in [0, 0.1) is 0 Å². The highest BCUT2D eigenvalue weighted by atomic mass is 32.2. The van der Waals surface area contributed by atoms with Gasteiger partial charge in [-0.1, -0.05) is 18.2 Å². The lowest BCUT2D eigenvalue weighted by Gasteiger charge is -2.05. The van der Waals surface area contributed by atoms with Gasteiger partial charge in [-0.15, -0.1) is 11.8 Å². The predicted octanol–water partition coefficient (Wildman–Crippen LogP) is 3.92. The van der Waals surface area contributed by atoms with Crippen molar-refractivity contribution in [3.63, 3.8) is 0 Å². The van der Waals surface area contributed by atoms with Gasteiger partial charge in [0.1, 0.15) is 10.8 Å². The first-order valence-electron chi connectivity index (χ1n) is 6.10. The van der Waals surface area contributed by atoms with Crippen molar-refractivity contribution in [2.45, 2.75) is 6.92 Å². The van der Waals surface area contributed by atoms with Gasteiger partial charge >= 0.3 is 0 Å². The Labute approximate surface area is 117 Å². The van der Waals surface area contributed by atoms with Crippen LogP contribution in [-0.4, -0.2) is 22.9 Å². The highest BCUT2D eigenvalue weighted by Crippen LogP contribution is 2.18. The Hall–Kier alpha value is -1.81. The minimum atomic E-state index is 0.647. The highest BCUT2D eigenvalue weighted by molar-refractivity contribution is 8.13. The molecule has 0 fully saturated rings. The number of aliphatic imine (C=N–C) groups is 1. The second-order valence-corrected chi connectivity index (χ2v) is 4.56. The molecule has 19 heavy (non-hydrogen) atoms. The molecule has 0 aliphatic carbocycles. The number of rotatable bonds is 4. The molecule has 0 aliphatic heterocycles. The minimum Gasteiger partial charge on any atom is -0.492 e. The van der Waals surface area contributed by atoms with E-state index in [0.29, 0.717) is 6.61 Å². The average Bonchev–Trinajstić information content (AvgIpc) is 2.47. The molecule has 0 bridgehead atoms. The second-order valence-electron chi connectivity index (χ2n) is 3.77. The van der Waals surface area contributed by atoms with Crippen LogP contribution in [0.4, 0.5) is 5.69 Å². The molecule has 98 valence electrons. The first-order chi connectivity index (χ1) is 9.33. The molecule has 0 saturated carbocycles. The molecule has 2 rings (SSSR count). The molecule has 0 N–H and O–H groups in total. The van der Waals surface area contributed by atoms with Gasteiger partial charge in [0.25, 0.3) is 0 Å². The van der Waals surface area contributed by atoms with E-state index in [2.05, 4.69) is 9.98 Å². The maximum absolute atomic E-state index is 5.38. The maximum Gasteiger partial charge on any atom is 0.137 e. The van der Waals surface area contributed by atoms with E-state index in [-0.39, 0.29) is 0 Å². The summed E-state index contributed by atoms with van der Waals surface area (Å²) in [7, 11) is 0. The molecular weight excluding hydrogens is 256 g/mol. The minimum absolute atomic E-state index is 0.647. The summed E-state index contributed by atoms with van der Waals surface area (Å²) in [6.07, 6.45) is 3.73. The molecule has 1 aromatic heterocycles. The van der Waals surface area contributed by atoms with E-state index in [4.69, 9.17) is 4.74 Å². The molecule has 0 saturated heterocycles. The van der Waals surface area contributed by atoms with Gasteiger partial charge in [-0.3, -0.25) is 4.98 Å². The van der Waals surface area contributed by atoms with Crippen LogP contribution >= 0.6 is 11.8 Å². The van der Waals surface area contributed by atoms with Gasteiger partial charge in [-0.25, -0.2) is 4.99 Å². The number of aromatic nitrogens is 1. The molecule has 0 unspecified atom stereocenters. The van der Waals surface area contributed by atoms with E-state index in [1.54, 1.807) is 18.0 Å². The van der Waals surface area contributed by atoms with Crippen molar-refractivity contribution >= 4 is 22.5 Å². The fraction of sp³-hybridized carbons (Fsp3) is 0.200. The molecule has 2 aromatic rings. The third kappa shape index (κ3) is 3.83. The van der Waals surface area contributed by atoms with Crippen LogP contribution in [0.25, 0.3) is 0 Å². The number of pyridine rings is 1. The second kappa shape index (κ2) is 6.95. The van der Waals surface area contributed by atoms with E-state index in [9.17, 15) is 0 Å². The van der Waals surface area contributed by atoms with Crippen molar-refractivity contribution < 1.29 is 4.74 Å². The number of hydrogen-bond donors (Lipinski definition) is 0.